The fraction of sp³-hybridized carbons (Fsp3) is 0.265. The van der Waals surface area contributed by atoms with Crippen molar-refractivity contribution < 1.29 is 24.2 Å². The lowest BCUT2D eigenvalue weighted by molar-refractivity contribution is -0.135. The number of nitrogens with zero attached hydrogens (tertiary/aromatic N) is 3. The van der Waals surface area contributed by atoms with Crippen LogP contribution in [-0.4, -0.2) is 52.9 Å². The normalized spacial score (nSPS) is 13.4. The van der Waals surface area contributed by atoms with Gasteiger partial charge < -0.3 is 20.1 Å². The Labute approximate surface area is 250 Å². The van der Waals surface area contributed by atoms with Gasteiger partial charge in [0.2, 0.25) is 0 Å². The van der Waals surface area contributed by atoms with Crippen LogP contribution >= 0.6 is 0 Å². The van der Waals surface area contributed by atoms with Gasteiger partial charge in [-0.1, -0.05) is 66.7 Å². The van der Waals surface area contributed by atoms with Gasteiger partial charge in [0, 0.05) is 30.8 Å². The van der Waals surface area contributed by atoms with Crippen molar-refractivity contribution in [2.45, 2.75) is 32.8 Å². The van der Waals surface area contributed by atoms with Gasteiger partial charge in [-0.05, 0) is 54.5 Å². The molecule has 4 aromatic rings. The van der Waals surface area contributed by atoms with Crippen molar-refractivity contribution in [3.05, 3.63) is 107 Å². The first-order valence-corrected chi connectivity index (χ1v) is 14.3. The molecule has 2 N–H and O–H groups in total. The number of ether oxygens (including phenoxy) is 1. The van der Waals surface area contributed by atoms with Crippen molar-refractivity contribution in [2.75, 3.05) is 24.5 Å². The zero-order chi connectivity index (χ0) is 30.2. The van der Waals surface area contributed by atoms with Crippen LogP contribution in [0.2, 0.25) is 0 Å². The largest absolute Gasteiger partial charge is 0.485 e. The molecule has 9 heteroatoms. The van der Waals surface area contributed by atoms with Gasteiger partial charge in [0.05, 0.1) is 5.69 Å². The lowest BCUT2D eigenvalue weighted by Gasteiger charge is -2.33. The third kappa shape index (κ3) is 7.62. The maximum Gasteiger partial charge on any atom is 0.322 e. The highest BCUT2D eigenvalue weighted by Gasteiger charge is 2.24. The maximum atomic E-state index is 13.0. The van der Waals surface area contributed by atoms with E-state index in [1.807, 2.05) is 54.6 Å². The molecule has 0 aliphatic carbocycles. The van der Waals surface area contributed by atoms with E-state index in [4.69, 9.17) is 9.84 Å². The van der Waals surface area contributed by atoms with Crippen molar-refractivity contribution in [2.24, 2.45) is 5.92 Å². The molecule has 1 aliphatic heterocycles. The van der Waals surface area contributed by atoms with Crippen molar-refractivity contribution in [1.82, 2.24) is 15.3 Å². The summed E-state index contributed by atoms with van der Waals surface area (Å²) in [7, 11) is 0. The Balaban J connectivity index is 1.23. The average Bonchev–Trinajstić information content (AvgIpc) is 3.04. The number of carbonyl (C=O) groups is 3. The van der Waals surface area contributed by atoms with Gasteiger partial charge in [-0.25, -0.2) is 9.97 Å². The van der Waals surface area contributed by atoms with Crippen LogP contribution in [0, 0.1) is 12.8 Å². The summed E-state index contributed by atoms with van der Waals surface area (Å²) in [4.78, 5) is 46.6. The van der Waals surface area contributed by atoms with Crippen LogP contribution in [0.25, 0.3) is 11.1 Å². The zero-order valence-electron chi connectivity index (χ0n) is 24.0. The molecule has 0 atom stereocenters. The van der Waals surface area contributed by atoms with Crippen molar-refractivity contribution in [1.29, 1.82) is 0 Å². The van der Waals surface area contributed by atoms with Crippen LogP contribution < -0.4 is 15.0 Å². The van der Waals surface area contributed by atoms with Gasteiger partial charge in [-0.3, -0.25) is 14.4 Å². The number of aryl methyl sites for hydroxylation is 1. The van der Waals surface area contributed by atoms with Crippen LogP contribution in [0.5, 0.6) is 5.75 Å². The van der Waals surface area contributed by atoms with Crippen molar-refractivity contribution in [3.63, 3.8) is 0 Å². The molecule has 0 radical (unpaired) electrons. The third-order valence-electron chi connectivity index (χ3n) is 7.62. The van der Waals surface area contributed by atoms with Crippen LogP contribution in [0.4, 0.5) is 5.69 Å². The molecular formula is C34H34N4O5. The molecule has 2 heterocycles. The number of carbonyl (C=O) groups excluding carboxylic acids is 2. The summed E-state index contributed by atoms with van der Waals surface area (Å²) in [5, 5.41) is 11.5. The minimum atomic E-state index is -1.14. The fourth-order valence-electron chi connectivity index (χ4n) is 5.28. The van der Waals surface area contributed by atoms with Crippen molar-refractivity contribution >= 4 is 23.9 Å². The first-order chi connectivity index (χ1) is 20.9. The zero-order valence-corrected chi connectivity index (χ0v) is 24.0. The standard InChI is InChI=1S/C34H34N4O5/c1-23-33(43-22-26-5-3-2-4-6-26)32(34(42)35-20-31(40)41)37-30(36-23)19-24-15-17-38(18-16-24)29-13-11-28(12-14-29)27-9-7-25(21-39)8-10-27/h2-14,21,24H,15-20,22H2,1H3,(H,35,42)(H,40,41). The van der Waals surface area contributed by atoms with Gasteiger partial charge in [0.15, 0.2) is 11.4 Å². The Morgan fingerprint density at radius 1 is 0.953 bits per heavy atom. The number of anilines is 1. The Morgan fingerprint density at radius 2 is 1.60 bits per heavy atom. The Morgan fingerprint density at radius 3 is 2.23 bits per heavy atom. The number of aromatic nitrogens is 2. The molecule has 1 aromatic heterocycles. The van der Waals surface area contributed by atoms with Gasteiger partial charge >= 0.3 is 5.97 Å². The maximum absolute atomic E-state index is 13.0. The highest BCUT2D eigenvalue weighted by atomic mass is 16.5. The van der Waals surface area contributed by atoms with Gasteiger partial charge in [0.1, 0.15) is 25.3 Å². The third-order valence-corrected chi connectivity index (χ3v) is 7.62. The summed E-state index contributed by atoms with van der Waals surface area (Å²) in [6.45, 7) is 3.28. The summed E-state index contributed by atoms with van der Waals surface area (Å²) in [6, 6.07) is 25.6. The van der Waals surface area contributed by atoms with E-state index in [0.717, 1.165) is 54.6 Å². The number of hydrogen-bond acceptors (Lipinski definition) is 7. The molecule has 0 unspecified atom stereocenters. The molecule has 0 spiro atoms. The van der Waals surface area contributed by atoms with Crippen LogP contribution in [-0.2, 0) is 17.8 Å². The molecule has 1 amide bonds. The lowest BCUT2D eigenvalue weighted by atomic mass is 9.92. The monoisotopic (exact) mass is 578 g/mol. The Hall–Kier alpha value is -5.05. The molecule has 5 rings (SSSR count). The molecule has 1 aliphatic rings. The number of amides is 1. The Kier molecular flexibility index (Phi) is 9.41. The van der Waals surface area contributed by atoms with E-state index >= 15 is 0 Å². The molecule has 3 aromatic carbocycles. The topological polar surface area (TPSA) is 122 Å². The van der Waals surface area contributed by atoms with E-state index in [1.54, 1.807) is 6.92 Å². The average molecular weight is 579 g/mol. The van der Waals surface area contributed by atoms with Gasteiger partial charge in [-0.15, -0.1) is 0 Å². The number of aliphatic carboxylic acids is 1. The minimum Gasteiger partial charge on any atom is -0.485 e. The second-order valence-corrected chi connectivity index (χ2v) is 10.7. The summed E-state index contributed by atoms with van der Waals surface area (Å²) in [5.41, 5.74) is 5.52. The number of benzene rings is 3. The number of piperidine rings is 1. The molecule has 0 bridgehead atoms. The van der Waals surface area contributed by atoms with Crippen LogP contribution in [0.1, 0.15) is 50.8 Å². The first kappa shape index (κ1) is 29.4. The van der Waals surface area contributed by atoms with E-state index in [9.17, 15) is 14.4 Å². The van der Waals surface area contributed by atoms with Crippen LogP contribution in [0.15, 0.2) is 78.9 Å². The summed E-state index contributed by atoms with van der Waals surface area (Å²) >= 11 is 0. The van der Waals surface area contributed by atoms with E-state index in [0.29, 0.717) is 29.4 Å². The minimum absolute atomic E-state index is 0.0537. The van der Waals surface area contributed by atoms with Gasteiger partial charge in [-0.2, -0.15) is 0 Å². The summed E-state index contributed by atoms with van der Waals surface area (Å²) in [6.07, 6.45) is 3.36. The molecule has 9 nitrogen and oxygen atoms in total. The molecule has 1 saturated heterocycles. The fourth-order valence-corrected chi connectivity index (χ4v) is 5.28. The summed E-state index contributed by atoms with van der Waals surface area (Å²) in [5.74, 6) is -0.588. The smallest absolute Gasteiger partial charge is 0.322 e. The first-order valence-electron chi connectivity index (χ1n) is 14.3. The molecule has 0 saturated carbocycles. The number of aldehydes is 1. The van der Waals surface area contributed by atoms with E-state index in [-0.39, 0.29) is 18.1 Å². The SMILES string of the molecule is Cc1nc(CC2CCN(c3ccc(-c4ccc(C=O)cc4)cc3)CC2)nc(C(=O)NCC(=O)O)c1OCc1ccccc1. The van der Waals surface area contributed by atoms with E-state index in [2.05, 4.69) is 44.5 Å². The van der Waals surface area contributed by atoms with E-state index in [1.165, 1.54) is 0 Å². The van der Waals surface area contributed by atoms with E-state index < -0.39 is 18.4 Å². The predicted molar refractivity (Wildman–Crippen MR) is 163 cm³/mol. The van der Waals surface area contributed by atoms with Crippen LogP contribution in [0.3, 0.4) is 0 Å². The summed E-state index contributed by atoms with van der Waals surface area (Å²) < 4.78 is 5.98. The second kappa shape index (κ2) is 13.7. The molecule has 43 heavy (non-hydrogen) atoms. The molecule has 1 fully saturated rings. The number of rotatable bonds is 11. The highest BCUT2D eigenvalue weighted by Crippen LogP contribution is 2.29. The Bertz CT molecular complexity index is 1570. The number of nitrogens with one attached hydrogen (secondary N) is 1. The second-order valence-electron chi connectivity index (χ2n) is 10.7. The molecule has 220 valence electrons. The quantitative estimate of drug-likeness (QED) is 0.235. The number of hydrogen-bond donors (Lipinski definition) is 2. The number of carboxylic acids is 1. The predicted octanol–water partition coefficient (Wildman–Crippen LogP) is 5.12. The van der Waals surface area contributed by atoms with Crippen molar-refractivity contribution in [3.8, 4) is 16.9 Å². The molecular weight excluding hydrogens is 544 g/mol. The lowest BCUT2D eigenvalue weighted by Crippen LogP contribution is -2.34. The van der Waals surface area contributed by atoms with Gasteiger partial charge in [0.25, 0.3) is 5.91 Å². The number of carboxylic acid groups (broad SMARTS) is 1. The highest BCUT2D eigenvalue weighted by molar-refractivity contribution is 5.96.